The Morgan fingerprint density at radius 1 is 1.43 bits per heavy atom. The maximum absolute atomic E-state index is 3.66. The maximum atomic E-state index is 3.66. The minimum absolute atomic E-state index is 0.847. The summed E-state index contributed by atoms with van der Waals surface area (Å²) in [4.78, 5) is 0. The molecule has 3 heteroatoms. The van der Waals surface area contributed by atoms with E-state index in [1.165, 1.54) is 0 Å². The van der Waals surface area contributed by atoms with Crippen LogP contribution in [0, 0.1) is 0 Å². The second-order valence-electron chi connectivity index (χ2n) is 1.42. The van der Waals surface area contributed by atoms with Crippen LogP contribution in [0.5, 0.6) is 0 Å². The lowest BCUT2D eigenvalue weighted by Crippen LogP contribution is -2.22. The van der Waals surface area contributed by atoms with Crippen LogP contribution in [0.4, 0.5) is 0 Å². The van der Waals surface area contributed by atoms with Gasteiger partial charge in [0.2, 0.25) is 0 Å². The predicted octanol–water partition coefficient (Wildman–Crippen LogP) is -0.259. The smallest absolute Gasteiger partial charge is 0.271 e. The van der Waals surface area contributed by atoms with Gasteiger partial charge in [-0.15, -0.1) is 6.58 Å². The number of hydrogen-bond donors (Lipinski definition) is 2. The molecule has 0 spiro atoms. The molecule has 2 N–H and O–H groups in total. The van der Waals surface area contributed by atoms with E-state index in [0.29, 0.717) is 0 Å². The molecule has 7 heavy (non-hydrogen) atoms. The predicted molar refractivity (Wildman–Crippen MR) is 30.3 cm³/mol. The van der Waals surface area contributed by atoms with Crippen LogP contribution in [-0.2, 0) is 0 Å². The Kier molecular flexibility index (Phi) is 0.909. The number of hydrazine groups is 1. The van der Waals surface area contributed by atoms with Crippen LogP contribution in [0.2, 0.25) is 0 Å². The fourth-order valence-corrected chi connectivity index (χ4v) is 0.378. The topological polar surface area (TPSA) is 24.1 Å². The molecule has 1 aliphatic heterocycles. The zero-order chi connectivity index (χ0) is 5.28. The van der Waals surface area contributed by atoms with E-state index in [0.717, 1.165) is 11.2 Å². The molecule has 0 atom stereocenters. The summed E-state index contributed by atoms with van der Waals surface area (Å²) >= 11 is 0. The molecule has 1 heterocycles. The van der Waals surface area contributed by atoms with E-state index in [-0.39, 0.29) is 0 Å². The van der Waals surface area contributed by atoms with E-state index in [2.05, 4.69) is 23.9 Å². The van der Waals surface area contributed by atoms with Crippen LogP contribution in [-0.4, -0.2) is 7.41 Å². The van der Waals surface area contributed by atoms with Gasteiger partial charge in [-0.1, -0.05) is 6.58 Å². The molecule has 1 rings (SSSR count). The molecule has 2 nitrogen and oxygen atoms in total. The van der Waals surface area contributed by atoms with Crippen molar-refractivity contribution in [2.24, 2.45) is 0 Å². The average Bonchev–Trinajstić information content (AvgIpc) is 1.91. The summed E-state index contributed by atoms with van der Waals surface area (Å²) in [5.41, 5.74) is 4.53. The van der Waals surface area contributed by atoms with Gasteiger partial charge < -0.3 is 5.43 Å². The van der Waals surface area contributed by atoms with Crippen LogP contribution >= 0.6 is 0 Å². The molecule has 0 bridgehead atoms. The summed E-state index contributed by atoms with van der Waals surface area (Å²) in [6.07, 6.45) is 0. The van der Waals surface area contributed by atoms with Crippen molar-refractivity contribution in [1.29, 1.82) is 0 Å². The third-order valence-electron chi connectivity index (χ3n) is 0.857. The first-order valence-corrected chi connectivity index (χ1v) is 2.03. The minimum atomic E-state index is 0.847. The van der Waals surface area contributed by atoms with Gasteiger partial charge in [0.1, 0.15) is 0 Å². The normalized spacial score (nSPS) is 18.9. The van der Waals surface area contributed by atoms with Crippen molar-refractivity contribution in [2.45, 2.75) is 0 Å². The van der Waals surface area contributed by atoms with E-state index in [1.54, 1.807) is 7.41 Å². The second kappa shape index (κ2) is 1.43. The monoisotopic (exact) mass is 93.1 g/mol. The number of rotatable bonds is 0. The van der Waals surface area contributed by atoms with Crippen molar-refractivity contribution >= 4 is 7.41 Å². The van der Waals surface area contributed by atoms with Crippen molar-refractivity contribution in [1.82, 2.24) is 10.8 Å². The Balaban J connectivity index is 2.65. The molecule has 1 saturated heterocycles. The molecule has 1 aliphatic rings. The van der Waals surface area contributed by atoms with Gasteiger partial charge in [-0.25, -0.2) is 0 Å². The van der Waals surface area contributed by atoms with Crippen molar-refractivity contribution in [3.8, 4) is 0 Å². The molecule has 0 saturated carbocycles. The third kappa shape index (κ3) is 0.669. The highest BCUT2D eigenvalue weighted by Crippen LogP contribution is 1.99. The highest BCUT2D eigenvalue weighted by Gasteiger charge is 2.07. The van der Waals surface area contributed by atoms with E-state index in [9.17, 15) is 0 Å². The molecule has 1 radical (unpaired) electrons. The lowest BCUT2D eigenvalue weighted by atomic mass is 9.86. The first-order valence-electron chi connectivity index (χ1n) is 2.03. The summed E-state index contributed by atoms with van der Waals surface area (Å²) in [6, 6.07) is 0. The van der Waals surface area contributed by atoms with Gasteiger partial charge in [0.15, 0.2) is 0 Å². The number of hydrogen-bond acceptors (Lipinski definition) is 2. The average molecular weight is 92.9 g/mol. The largest absolute Gasteiger partial charge is 0.333 e. The van der Waals surface area contributed by atoms with Crippen molar-refractivity contribution in [3.05, 3.63) is 24.3 Å². The molecule has 0 unspecified atom stereocenters. The molecule has 0 amide bonds. The van der Waals surface area contributed by atoms with Crippen LogP contribution < -0.4 is 10.8 Å². The third-order valence-corrected chi connectivity index (χ3v) is 0.857. The quantitative estimate of drug-likeness (QED) is 0.403. The lowest BCUT2D eigenvalue weighted by molar-refractivity contribution is 0.850. The van der Waals surface area contributed by atoms with E-state index in [1.807, 2.05) is 0 Å². The van der Waals surface area contributed by atoms with Crippen LogP contribution in [0.1, 0.15) is 0 Å². The van der Waals surface area contributed by atoms with Gasteiger partial charge >= 0.3 is 0 Å². The Morgan fingerprint density at radius 2 is 2.14 bits per heavy atom. The Bertz CT molecular complexity index is 105. The van der Waals surface area contributed by atoms with Crippen LogP contribution in [0.3, 0.4) is 0 Å². The summed E-state index contributed by atoms with van der Waals surface area (Å²) in [5, 5.41) is 2.75. The zero-order valence-corrected chi connectivity index (χ0v) is 3.99. The number of nitrogens with one attached hydrogen (secondary N) is 2. The summed E-state index contributed by atoms with van der Waals surface area (Å²) in [5.74, 6) is 0. The summed E-state index contributed by atoms with van der Waals surface area (Å²) in [6.45, 7) is 7.29. The van der Waals surface area contributed by atoms with Gasteiger partial charge in [-0.2, -0.15) is 0 Å². The van der Waals surface area contributed by atoms with Crippen molar-refractivity contribution in [2.75, 3.05) is 0 Å². The first kappa shape index (κ1) is 4.46. The van der Waals surface area contributed by atoms with Gasteiger partial charge in [-0.3, -0.25) is 5.34 Å². The SMILES string of the molecule is C=C1[B]NNC1=C. The highest BCUT2D eigenvalue weighted by atomic mass is 15.3. The Hall–Kier alpha value is -0.695. The standard InChI is InChI=1S/C4H6BN2/c1-3-4(2)6-7-5-3/h6-7H,1-2H2. The first-order chi connectivity index (χ1) is 3.30. The maximum Gasteiger partial charge on any atom is 0.271 e. The Labute approximate surface area is 43.5 Å². The summed E-state index contributed by atoms with van der Waals surface area (Å²) < 4.78 is 0. The molecule has 35 valence electrons. The Morgan fingerprint density at radius 3 is 2.29 bits per heavy atom. The molecule has 0 aromatic carbocycles. The molecular weight excluding hydrogens is 86.9 g/mol. The zero-order valence-electron chi connectivity index (χ0n) is 3.99. The highest BCUT2D eigenvalue weighted by molar-refractivity contribution is 6.45. The lowest BCUT2D eigenvalue weighted by Gasteiger charge is -1.91. The molecule has 0 aromatic rings. The van der Waals surface area contributed by atoms with Gasteiger partial charge in [0, 0.05) is 5.70 Å². The second-order valence-corrected chi connectivity index (χ2v) is 1.42. The van der Waals surface area contributed by atoms with Crippen LogP contribution in [0.25, 0.3) is 0 Å². The number of allylic oxidation sites excluding steroid dienone is 1. The fraction of sp³-hybridized carbons (Fsp3) is 0. The van der Waals surface area contributed by atoms with Gasteiger partial charge in [0.05, 0.1) is 0 Å². The van der Waals surface area contributed by atoms with Crippen molar-refractivity contribution in [3.63, 3.8) is 0 Å². The van der Waals surface area contributed by atoms with Crippen molar-refractivity contribution < 1.29 is 0 Å². The molecule has 1 fully saturated rings. The van der Waals surface area contributed by atoms with Gasteiger partial charge in [0.25, 0.3) is 7.41 Å². The minimum Gasteiger partial charge on any atom is -0.333 e. The molecular formula is C4H6BN2. The summed E-state index contributed by atoms with van der Waals surface area (Å²) in [7, 11) is 1.77. The molecule has 0 aliphatic carbocycles. The van der Waals surface area contributed by atoms with Gasteiger partial charge in [-0.05, 0) is 5.47 Å². The van der Waals surface area contributed by atoms with E-state index >= 15 is 0 Å². The molecule has 0 aromatic heterocycles. The van der Waals surface area contributed by atoms with E-state index in [4.69, 9.17) is 0 Å². The fourth-order valence-electron chi connectivity index (χ4n) is 0.378. The van der Waals surface area contributed by atoms with E-state index < -0.39 is 0 Å². The van der Waals surface area contributed by atoms with Crippen LogP contribution in [0.15, 0.2) is 24.3 Å².